The van der Waals surface area contributed by atoms with Gasteiger partial charge in [0.05, 0.1) is 9.71 Å². The van der Waals surface area contributed by atoms with Crippen molar-refractivity contribution < 1.29 is 0 Å². The van der Waals surface area contributed by atoms with E-state index in [-0.39, 0.29) is 5.38 Å². The first-order chi connectivity index (χ1) is 7.99. The lowest BCUT2D eigenvalue weighted by molar-refractivity contribution is 1.17. The standard InChI is InChI=1S/C13H11Cl3S/c1-7-3-4-9(6-10(7)14)12(15)11-5-8(2)13(16)17-11/h3-6,12H,1-2H3. The van der Waals surface area contributed by atoms with Crippen LogP contribution in [0.3, 0.4) is 0 Å². The maximum absolute atomic E-state index is 6.43. The molecule has 0 radical (unpaired) electrons. The van der Waals surface area contributed by atoms with Crippen molar-refractivity contribution in [2.75, 3.05) is 0 Å². The molecule has 1 aromatic carbocycles. The van der Waals surface area contributed by atoms with Gasteiger partial charge in [0.15, 0.2) is 0 Å². The summed E-state index contributed by atoms with van der Waals surface area (Å²) in [6.07, 6.45) is 0. The largest absolute Gasteiger partial charge is 0.126 e. The van der Waals surface area contributed by atoms with E-state index < -0.39 is 0 Å². The van der Waals surface area contributed by atoms with Crippen LogP contribution in [0.15, 0.2) is 24.3 Å². The van der Waals surface area contributed by atoms with E-state index in [0.717, 1.165) is 30.9 Å². The van der Waals surface area contributed by atoms with Gasteiger partial charge in [-0.05, 0) is 42.7 Å². The van der Waals surface area contributed by atoms with Crippen LogP contribution in [0.2, 0.25) is 9.36 Å². The zero-order chi connectivity index (χ0) is 12.6. The van der Waals surface area contributed by atoms with Crippen LogP contribution in [0, 0.1) is 13.8 Å². The van der Waals surface area contributed by atoms with E-state index in [9.17, 15) is 0 Å². The average Bonchev–Trinajstić information content (AvgIpc) is 2.62. The van der Waals surface area contributed by atoms with Crippen molar-refractivity contribution >= 4 is 46.1 Å². The molecule has 1 atom stereocenters. The number of halogens is 3. The number of rotatable bonds is 2. The Morgan fingerprint density at radius 1 is 1.06 bits per heavy atom. The zero-order valence-electron chi connectivity index (χ0n) is 9.43. The van der Waals surface area contributed by atoms with Gasteiger partial charge in [0.25, 0.3) is 0 Å². The van der Waals surface area contributed by atoms with Gasteiger partial charge in [-0.1, -0.05) is 35.3 Å². The molecule has 1 aromatic heterocycles. The van der Waals surface area contributed by atoms with Crippen molar-refractivity contribution in [2.24, 2.45) is 0 Å². The van der Waals surface area contributed by atoms with Gasteiger partial charge in [0.2, 0.25) is 0 Å². The molecule has 0 amide bonds. The van der Waals surface area contributed by atoms with Gasteiger partial charge in [-0.2, -0.15) is 0 Å². The fraction of sp³-hybridized carbons (Fsp3) is 0.231. The van der Waals surface area contributed by atoms with Gasteiger partial charge in [-0.25, -0.2) is 0 Å². The minimum absolute atomic E-state index is 0.190. The number of hydrogen-bond acceptors (Lipinski definition) is 1. The van der Waals surface area contributed by atoms with Crippen LogP contribution in [-0.2, 0) is 0 Å². The molecule has 2 aromatic rings. The molecule has 0 bridgehead atoms. The van der Waals surface area contributed by atoms with Crippen molar-refractivity contribution in [1.29, 1.82) is 0 Å². The molecule has 0 N–H and O–H groups in total. The second-order valence-electron chi connectivity index (χ2n) is 3.98. The minimum atomic E-state index is -0.190. The fourth-order valence-corrected chi connectivity index (χ4v) is 3.28. The summed E-state index contributed by atoms with van der Waals surface area (Å²) in [6.45, 7) is 3.95. The Bertz CT molecular complexity index is 526. The van der Waals surface area contributed by atoms with Crippen LogP contribution in [0.25, 0.3) is 0 Å². The predicted molar refractivity (Wildman–Crippen MR) is 78.0 cm³/mol. The summed E-state index contributed by atoms with van der Waals surface area (Å²) in [4.78, 5) is 1.05. The molecule has 0 aliphatic carbocycles. The minimum Gasteiger partial charge on any atom is -0.126 e. The molecule has 1 unspecified atom stereocenters. The molecule has 0 saturated heterocycles. The number of thiophene rings is 1. The highest BCUT2D eigenvalue weighted by Crippen LogP contribution is 2.38. The Morgan fingerprint density at radius 3 is 2.29 bits per heavy atom. The lowest BCUT2D eigenvalue weighted by atomic mass is 10.1. The molecule has 4 heteroatoms. The Hall–Kier alpha value is -0.210. The van der Waals surface area contributed by atoms with E-state index in [0.29, 0.717) is 0 Å². The maximum Gasteiger partial charge on any atom is 0.0960 e. The Morgan fingerprint density at radius 2 is 1.76 bits per heavy atom. The quantitative estimate of drug-likeness (QED) is 0.597. The summed E-state index contributed by atoms with van der Waals surface area (Å²) >= 11 is 20.1. The highest BCUT2D eigenvalue weighted by atomic mass is 35.5. The SMILES string of the molecule is Cc1ccc(C(Cl)c2cc(C)c(Cl)s2)cc1Cl. The monoisotopic (exact) mass is 304 g/mol. The van der Waals surface area contributed by atoms with E-state index in [1.807, 2.05) is 38.1 Å². The van der Waals surface area contributed by atoms with Gasteiger partial charge < -0.3 is 0 Å². The Balaban J connectivity index is 2.36. The number of aryl methyl sites for hydroxylation is 2. The van der Waals surface area contributed by atoms with Crippen molar-refractivity contribution in [3.63, 3.8) is 0 Å². The van der Waals surface area contributed by atoms with Gasteiger partial charge in [0, 0.05) is 9.90 Å². The molecular formula is C13H11Cl3S. The lowest BCUT2D eigenvalue weighted by Crippen LogP contribution is -1.90. The summed E-state index contributed by atoms with van der Waals surface area (Å²) in [5.41, 5.74) is 3.12. The van der Waals surface area contributed by atoms with E-state index in [4.69, 9.17) is 34.8 Å². The van der Waals surface area contributed by atoms with Gasteiger partial charge in [-0.15, -0.1) is 22.9 Å². The summed E-state index contributed by atoms with van der Waals surface area (Å²) in [5, 5.41) is 0.553. The van der Waals surface area contributed by atoms with Crippen LogP contribution < -0.4 is 0 Å². The first-order valence-corrected chi connectivity index (χ1v) is 7.16. The highest BCUT2D eigenvalue weighted by Gasteiger charge is 2.15. The second kappa shape index (κ2) is 5.19. The topological polar surface area (TPSA) is 0 Å². The molecule has 0 aliphatic heterocycles. The third-order valence-corrected chi connectivity index (χ3v) is 5.26. The van der Waals surface area contributed by atoms with Gasteiger partial charge in [0.1, 0.15) is 0 Å². The average molecular weight is 306 g/mol. The zero-order valence-corrected chi connectivity index (χ0v) is 12.5. The second-order valence-corrected chi connectivity index (χ2v) is 6.51. The van der Waals surface area contributed by atoms with Crippen LogP contribution >= 0.6 is 46.1 Å². The van der Waals surface area contributed by atoms with E-state index in [2.05, 4.69) is 0 Å². The molecule has 90 valence electrons. The summed E-state index contributed by atoms with van der Waals surface area (Å²) < 4.78 is 0.795. The van der Waals surface area contributed by atoms with Gasteiger partial charge >= 0.3 is 0 Å². The molecule has 1 heterocycles. The van der Waals surface area contributed by atoms with E-state index in [1.54, 1.807) is 0 Å². The molecular weight excluding hydrogens is 295 g/mol. The third kappa shape index (κ3) is 2.79. The summed E-state index contributed by atoms with van der Waals surface area (Å²) in [7, 11) is 0. The molecule has 0 aliphatic rings. The van der Waals surface area contributed by atoms with Crippen LogP contribution in [0.5, 0.6) is 0 Å². The molecule has 0 spiro atoms. The van der Waals surface area contributed by atoms with Crippen molar-refractivity contribution in [3.05, 3.63) is 55.2 Å². The fourth-order valence-electron chi connectivity index (χ4n) is 1.54. The highest BCUT2D eigenvalue weighted by molar-refractivity contribution is 7.16. The third-order valence-electron chi connectivity index (χ3n) is 2.61. The molecule has 0 nitrogen and oxygen atoms in total. The normalized spacial score (nSPS) is 12.8. The van der Waals surface area contributed by atoms with Crippen LogP contribution in [0.4, 0.5) is 0 Å². The number of alkyl halides is 1. The molecule has 0 saturated carbocycles. The summed E-state index contributed by atoms with van der Waals surface area (Å²) in [5.74, 6) is 0. The lowest BCUT2D eigenvalue weighted by Gasteiger charge is -2.09. The van der Waals surface area contributed by atoms with Crippen LogP contribution in [-0.4, -0.2) is 0 Å². The van der Waals surface area contributed by atoms with Crippen LogP contribution in [0.1, 0.15) is 26.9 Å². The van der Waals surface area contributed by atoms with Crippen molar-refractivity contribution in [1.82, 2.24) is 0 Å². The maximum atomic E-state index is 6.43. The molecule has 0 fully saturated rings. The first kappa shape index (κ1) is 13.2. The van der Waals surface area contributed by atoms with Gasteiger partial charge in [-0.3, -0.25) is 0 Å². The Labute approximate surface area is 120 Å². The molecule has 2 rings (SSSR count). The van der Waals surface area contributed by atoms with E-state index in [1.165, 1.54) is 11.3 Å². The first-order valence-electron chi connectivity index (χ1n) is 5.15. The number of hydrogen-bond donors (Lipinski definition) is 0. The predicted octanol–water partition coefficient (Wildman–Crippen LogP) is 6.00. The van der Waals surface area contributed by atoms with Crippen molar-refractivity contribution in [3.8, 4) is 0 Å². The number of benzene rings is 1. The Kier molecular flexibility index (Phi) is 4.04. The molecule has 17 heavy (non-hydrogen) atoms. The van der Waals surface area contributed by atoms with E-state index >= 15 is 0 Å². The summed E-state index contributed by atoms with van der Waals surface area (Å²) in [6, 6.07) is 7.92. The smallest absolute Gasteiger partial charge is 0.0960 e. The van der Waals surface area contributed by atoms with Crippen molar-refractivity contribution in [2.45, 2.75) is 19.2 Å².